The van der Waals surface area contributed by atoms with Crippen molar-refractivity contribution in [2.75, 3.05) is 19.9 Å². The zero-order chi connectivity index (χ0) is 18.2. The van der Waals surface area contributed by atoms with Gasteiger partial charge in [0.25, 0.3) is 0 Å². The number of allylic oxidation sites excluding steroid dienone is 1. The number of fused-ring (bicyclic) bond motifs is 3. The highest BCUT2D eigenvalue weighted by Gasteiger charge is 2.34. The third-order valence-corrected chi connectivity index (χ3v) is 5.17. The molecule has 0 N–H and O–H groups in total. The lowest BCUT2D eigenvalue weighted by Crippen LogP contribution is -2.37. The van der Waals surface area contributed by atoms with Crippen LogP contribution in [0.2, 0.25) is 0 Å². The van der Waals surface area contributed by atoms with Crippen molar-refractivity contribution in [3.63, 3.8) is 0 Å². The fourth-order valence-corrected chi connectivity index (χ4v) is 3.81. The topological polar surface area (TPSA) is 60.9 Å². The second-order valence-corrected chi connectivity index (χ2v) is 7.06. The molecule has 0 saturated carbocycles. The average molecular weight is 364 g/mol. The van der Waals surface area contributed by atoms with E-state index in [2.05, 4.69) is 9.88 Å². The van der Waals surface area contributed by atoms with Gasteiger partial charge in [-0.25, -0.2) is 0 Å². The lowest BCUT2D eigenvalue weighted by molar-refractivity contribution is 0.0274. The van der Waals surface area contributed by atoms with Crippen molar-refractivity contribution in [2.45, 2.75) is 25.5 Å². The van der Waals surface area contributed by atoms with Gasteiger partial charge in [0.15, 0.2) is 5.76 Å². The van der Waals surface area contributed by atoms with Crippen molar-refractivity contribution >= 4 is 11.9 Å². The Kier molecular flexibility index (Phi) is 4.14. The maximum atomic E-state index is 12.8. The molecule has 0 aliphatic carbocycles. The fraction of sp³-hybridized carbons (Fsp3) is 0.333. The number of hydrogen-bond acceptors (Lipinski definition) is 6. The van der Waals surface area contributed by atoms with Crippen LogP contribution in [0.25, 0.3) is 6.08 Å². The normalized spacial score (nSPS) is 23.0. The zero-order valence-electron chi connectivity index (χ0n) is 14.9. The number of nitrogens with zero attached hydrogens (tertiary/aromatic N) is 2. The molecular formula is C21H20N2O4. The molecule has 27 heavy (non-hydrogen) atoms. The first-order chi connectivity index (χ1) is 13.3. The van der Waals surface area contributed by atoms with Crippen LogP contribution in [0.3, 0.4) is 0 Å². The number of pyridine rings is 1. The van der Waals surface area contributed by atoms with Crippen molar-refractivity contribution in [1.29, 1.82) is 0 Å². The van der Waals surface area contributed by atoms with E-state index < -0.39 is 0 Å². The van der Waals surface area contributed by atoms with Gasteiger partial charge in [-0.2, -0.15) is 0 Å². The Hall–Kier alpha value is -2.70. The molecule has 2 aromatic rings. The molecule has 6 heteroatoms. The van der Waals surface area contributed by atoms with E-state index in [9.17, 15) is 4.79 Å². The highest BCUT2D eigenvalue weighted by atomic mass is 16.5. The standard InChI is InChI=1S/C21H20N2O4/c24-20-16-3-4-18-17(12-23(13-26-18)11-15-2-1-9-25-15)21(16)27-19(20)10-14-5-7-22-8-6-14/h3-8,10,15H,1-2,9,11-13H2/t15-/m0/s1. The molecule has 0 radical (unpaired) electrons. The molecule has 1 aromatic carbocycles. The summed E-state index contributed by atoms with van der Waals surface area (Å²) in [5.41, 5.74) is 2.41. The number of hydrogen-bond donors (Lipinski definition) is 0. The Morgan fingerprint density at radius 1 is 1.22 bits per heavy atom. The fourth-order valence-electron chi connectivity index (χ4n) is 3.81. The summed E-state index contributed by atoms with van der Waals surface area (Å²) in [7, 11) is 0. The Labute approximate surface area is 157 Å². The summed E-state index contributed by atoms with van der Waals surface area (Å²) in [5.74, 6) is 1.65. The first kappa shape index (κ1) is 16.5. The third kappa shape index (κ3) is 3.11. The Morgan fingerprint density at radius 2 is 2.11 bits per heavy atom. The summed E-state index contributed by atoms with van der Waals surface area (Å²) in [5, 5.41) is 0. The highest BCUT2D eigenvalue weighted by Crippen LogP contribution is 2.42. The minimum absolute atomic E-state index is 0.0964. The predicted octanol–water partition coefficient (Wildman–Crippen LogP) is 3.03. The zero-order valence-corrected chi connectivity index (χ0v) is 14.9. The molecule has 0 unspecified atom stereocenters. The van der Waals surface area contributed by atoms with Crippen LogP contribution in [0.5, 0.6) is 11.5 Å². The number of ether oxygens (including phenoxy) is 3. The summed E-state index contributed by atoms with van der Waals surface area (Å²) in [4.78, 5) is 19.0. The number of benzene rings is 1. The van der Waals surface area contributed by atoms with Crippen molar-refractivity contribution in [3.8, 4) is 11.5 Å². The average Bonchev–Trinajstić information content (AvgIpc) is 3.31. The van der Waals surface area contributed by atoms with Crippen molar-refractivity contribution in [2.24, 2.45) is 0 Å². The summed E-state index contributed by atoms with van der Waals surface area (Å²) in [6, 6.07) is 7.34. The summed E-state index contributed by atoms with van der Waals surface area (Å²) < 4.78 is 17.6. The lowest BCUT2D eigenvalue weighted by atomic mass is 10.0. The molecule has 0 spiro atoms. The summed E-state index contributed by atoms with van der Waals surface area (Å²) in [6.07, 6.45) is 7.60. The van der Waals surface area contributed by atoms with E-state index in [1.165, 1.54) is 0 Å². The Bertz CT molecular complexity index is 904. The molecule has 4 heterocycles. The molecule has 138 valence electrons. The lowest BCUT2D eigenvalue weighted by Gasteiger charge is -2.31. The van der Waals surface area contributed by atoms with Gasteiger partial charge in [0, 0.05) is 32.1 Å². The van der Waals surface area contributed by atoms with Crippen LogP contribution in [-0.4, -0.2) is 41.7 Å². The van der Waals surface area contributed by atoms with Gasteiger partial charge in [-0.05, 0) is 48.7 Å². The SMILES string of the molecule is O=C1C(=Cc2ccncc2)Oc2c1ccc1c2CN(C[C@@H]2CCCO2)CO1. The number of Topliss-reactive ketones (excluding diaryl/α,β-unsaturated/α-hetero) is 1. The molecule has 5 rings (SSSR count). The van der Waals surface area contributed by atoms with E-state index in [1.54, 1.807) is 24.5 Å². The minimum Gasteiger partial charge on any atom is -0.478 e. The van der Waals surface area contributed by atoms with Crippen LogP contribution in [0.1, 0.15) is 34.3 Å². The van der Waals surface area contributed by atoms with Crippen molar-refractivity contribution in [1.82, 2.24) is 9.88 Å². The summed E-state index contributed by atoms with van der Waals surface area (Å²) in [6.45, 7) is 2.89. The molecule has 1 atom stereocenters. The monoisotopic (exact) mass is 364 g/mol. The van der Waals surface area contributed by atoms with Gasteiger partial charge in [0.1, 0.15) is 18.2 Å². The van der Waals surface area contributed by atoms with E-state index in [4.69, 9.17) is 14.2 Å². The van der Waals surface area contributed by atoms with E-state index >= 15 is 0 Å². The molecule has 1 aromatic heterocycles. The van der Waals surface area contributed by atoms with Crippen LogP contribution < -0.4 is 9.47 Å². The van der Waals surface area contributed by atoms with Crippen molar-refractivity contribution in [3.05, 3.63) is 59.1 Å². The first-order valence-corrected chi connectivity index (χ1v) is 9.25. The predicted molar refractivity (Wildman–Crippen MR) is 98.5 cm³/mol. The molecule has 6 nitrogen and oxygen atoms in total. The van der Waals surface area contributed by atoms with Gasteiger partial charge in [-0.15, -0.1) is 0 Å². The van der Waals surface area contributed by atoms with Crippen LogP contribution in [0.15, 0.2) is 42.4 Å². The number of aromatic nitrogens is 1. The maximum Gasteiger partial charge on any atom is 0.231 e. The Morgan fingerprint density at radius 3 is 2.93 bits per heavy atom. The number of ketones is 1. The van der Waals surface area contributed by atoms with Crippen molar-refractivity contribution < 1.29 is 19.0 Å². The van der Waals surface area contributed by atoms with Gasteiger partial charge in [-0.3, -0.25) is 14.7 Å². The minimum atomic E-state index is -0.0964. The van der Waals surface area contributed by atoms with Crippen LogP contribution in [0, 0.1) is 0 Å². The van der Waals surface area contributed by atoms with Crippen LogP contribution in [0.4, 0.5) is 0 Å². The highest BCUT2D eigenvalue weighted by molar-refractivity contribution is 6.15. The van der Waals surface area contributed by atoms with E-state index in [0.29, 0.717) is 30.3 Å². The van der Waals surface area contributed by atoms with Gasteiger partial charge >= 0.3 is 0 Å². The third-order valence-electron chi connectivity index (χ3n) is 5.17. The number of carbonyl (C=O) groups is 1. The second kappa shape index (κ2) is 6.79. The van der Waals surface area contributed by atoms with Crippen LogP contribution in [-0.2, 0) is 11.3 Å². The second-order valence-electron chi connectivity index (χ2n) is 7.06. The molecule has 1 saturated heterocycles. The largest absolute Gasteiger partial charge is 0.478 e. The Balaban J connectivity index is 1.42. The molecule has 0 amide bonds. The van der Waals surface area contributed by atoms with Crippen LogP contribution >= 0.6 is 0 Å². The van der Waals surface area contributed by atoms with Gasteiger partial charge < -0.3 is 14.2 Å². The molecule has 1 fully saturated rings. The smallest absolute Gasteiger partial charge is 0.231 e. The number of rotatable bonds is 3. The summed E-state index contributed by atoms with van der Waals surface area (Å²) >= 11 is 0. The first-order valence-electron chi connectivity index (χ1n) is 9.25. The van der Waals surface area contributed by atoms with E-state index in [1.807, 2.05) is 18.2 Å². The van der Waals surface area contributed by atoms with Gasteiger partial charge in [0.05, 0.1) is 17.2 Å². The quantitative estimate of drug-likeness (QED) is 0.781. The number of carbonyl (C=O) groups excluding carboxylic acids is 1. The molecule has 3 aliphatic rings. The van der Waals surface area contributed by atoms with Gasteiger partial charge in [0.2, 0.25) is 5.78 Å². The molecular weight excluding hydrogens is 344 g/mol. The van der Waals surface area contributed by atoms with E-state index in [-0.39, 0.29) is 11.9 Å². The van der Waals surface area contributed by atoms with E-state index in [0.717, 1.165) is 42.9 Å². The van der Waals surface area contributed by atoms with Gasteiger partial charge in [-0.1, -0.05) is 0 Å². The maximum absolute atomic E-state index is 12.8. The molecule has 3 aliphatic heterocycles. The molecule has 0 bridgehead atoms.